The van der Waals surface area contributed by atoms with Gasteiger partial charge in [-0.3, -0.25) is 0 Å². The van der Waals surface area contributed by atoms with Crippen LogP contribution in [-0.4, -0.2) is 29.6 Å². The van der Waals surface area contributed by atoms with Crippen molar-refractivity contribution in [3.63, 3.8) is 0 Å². The number of nitrogens with zero attached hydrogens (tertiary/aromatic N) is 1. The monoisotopic (exact) mass is 264 g/mol. The molecule has 1 atom stereocenters. The summed E-state index contributed by atoms with van der Waals surface area (Å²) < 4.78 is 10.6. The number of fused-ring (bicyclic) bond motifs is 1. The molecular weight excluding hydrogens is 248 g/mol. The number of hydrogen-bond acceptors (Lipinski definition) is 5. The molecule has 1 fully saturated rings. The number of rotatable bonds is 4. The summed E-state index contributed by atoms with van der Waals surface area (Å²) in [5, 5.41) is 3.54. The van der Waals surface area contributed by atoms with Crippen LogP contribution in [0.1, 0.15) is 12.3 Å². The molecule has 1 saturated heterocycles. The molecular formula is C13H16N2O2S. The Morgan fingerprint density at radius 2 is 2.50 bits per heavy atom. The van der Waals surface area contributed by atoms with Crippen molar-refractivity contribution in [2.75, 3.05) is 23.9 Å². The summed E-state index contributed by atoms with van der Waals surface area (Å²) in [6.45, 7) is 0.413. The van der Waals surface area contributed by atoms with E-state index in [1.165, 1.54) is 17.9 Å². The molecule has 1 aromatic heterocycles. The molecule has 0 amide bonds. The fourth-order valence-corrected chi connectivity index (χ4v) is 3.29. The van der Waals surface area contributed by atoms with Crippen molar-refractivity contribution in [1.82, 2.24) is 4.98 Å². The maximum atomic E-state index is 5.57. The van der Waals surface area contributed by atoms with Crippen molar-refractivity contribution in [2.45, 2.75) is 19.1 Å². The summed E-state index contributed by atoms with van der Waals surface area (Å²) in [4.78, 5) is 4.40. The van der Waals surface area contributed by atoms with E-state index in [0.29, 0.717) is 18.5 Å². The number of hydrogen-bond donors (Lipinski definition) is 1. The highest BCUT2D eigenvalue weighted by Crippen LogP contribution is 2.24. The predicted octanol–water partition coefficient (Wildman–Crippen LogP) is 2.89. The standard InChI is InChI=1S/C13H16N2O2S/c1-16-7-13-15-11-6-9(2-3-12(11)17-13)14-10-4-5-18-8-10/h2-3,6,10,14H,4-5,7-8H2,1H3/t10-/m0/s1. The van der Waals surface area contributed by atoms with Crippen LogP contribution in [0.5, 0.6) is 0 Å². The summed E-state index contributed by atoms with van der Waals surface area (Å²) >= 11 is 2.00. The van der Waals surface area contributed by atoms with Gasteiger partial charge in [-0.2, -0.15) is 11.8 Å². The zero-order valence-electron chi connectivity index (χ0n) is 10.3. The number of aromatic nitrogens is 1. The molecule has 1 N–H and O–H groups in total. The average molecular weight is 264 g/mol. The van der Waals surface area contributed by atoms with Crippen LogP contribution in [0.2, 0.25) is 0 Å². The lowest BCUT2D eigenvalue weighted by molar-refractivity contribution is 0.161. The van der Waals surface area contributed by atoms with Gasteiger partial charge in [0.15, 0.2) is 5.58 Å². The Kier molecular flexibility index (Phi) is 3.43. The minimum Gasteiger partial charge on any atom is -0.438 e. The van der Waals surface area contributed by atoms with Gasteiger partial charge in [-0.25, -0.2) is 4.98 Å². The molecule has 18 heavy (non-hydrogen) atoms. The number of nitrogens with one attached hydrogen (secondary N) is 1. The molecule has 0 unspecified atom stereocenters. The van der Waals surface area contributed by atoms with E-state index in [1.54, 1.807) is 7.11 Å². The smallest absolute Gasteiger partial charge is 0.221 e. The van der Waals surface area contributed by atoms with Crippen LogP contribution in [0.4, 0.5) is 5.69 Å². The maximum absolute atomic E-state index is 5.57. The van der Waals surface area contributed by atoms with Gasteiger partial charge in [0, 0.05) is 24.6 Å². The highest BCUT2D eigenvalue weighted by atomic mass is 32.2. The second-order valence-corrected chi connectivity index (χ2v) is 5.58. The normalized spacial score (nSPS) is 19.5. The Balaban J connectivity index is 1.80. The van der Waals surface area contributed by atoms with Gasteiger partial charge in [-0.1, -0.05) is 0 Å². The van der Waals surface area contributed by atoms with Gasteiger partial charge in [0.05, 0.1) is 0 Å². The highest BCUT2D eigenvalue weighted by Gasteiger charge is 2.15. The van der Waals surface area contributed by atoms with E-state index in [2.05, 4.69) is 10.3 Å². The lowest BCUT2D eigenvalue weighted by atomic mass is 10.2. The van der Waals surface area contributed by atoms with Crippen LogP contribution in [0.25, 0.3) is 11.1 Å². The third-order valence-electron chi connectivity index (χ3n) is 3.00. The Bertz CT molecular complexity index is 535. The van der Waals surface area contributed by atoms with Crippen molar-refractivity contribution < 1.29 is 9.15 Å². The molecule has 5 heteroatoms. The van der Waals surface area contributed by atoms with E-state index >= 15 is 0 Å². The zero-order valence-corrected chi connectivity index (χ0v) is 11.1. The lowest BCUT2D eigenvalue weighted by Crippen LogP contribution is -2.17. The summed E-state index contributed by atoms with van der Waals surface area (Å²) in [6, 6.07) is 6.64. The maximum Gasteiger partial charge on any atom is 0.221 e. The van der Waals surface area contributed by atoms with Crippen LogP contribution >= 0.6 is 11.8 Å². The molecule has 96 valence electrons. The van der Waals surface area contributed by atoms with Gasteiger partial charge in [0.1, 0.15) is 12.1 Å². The molecule has 1 aliphatic rings. The van der Waals surface area contributed by atoms with Crippen LogP contribution in [-0.2, 0) is 11.3 Å². The minimum absolute atomic E-state index is 0.413. The molecule has 0 saturated carbocycles. The second kappa shape index (κ2) is 5.20. The molecule has 0 radical (unpaired) electrons. The van der Waals surface area contributed by atoms with E-state index in [-0.39, 0.29) is 0 Å². The van der Waals surface area contributed by atoms with Gasteiger partial charge in [-0.05, 0) is 30.4 Å². The van der Waals surface area contributed by atoms with Crippen molar-refractivity contribution in [3.8, 4) is 0 Å². The molecule has 0 spiro atoms. The molecule has 4 nitrogen and oxygen atoms in total. The average Bonchev–Trinajstić information content (AvgIpc) is 2.98. The van der Waals surface area contributed by atoms with E-state index in [1.807, 2.05) is 30.0 Å². The molecule has 1 aliphatic heterocycles. The first-order valence-corrected chi connectivity index (χ1v) is 7.23. The Hall–Kier alpha value is -1.20. The molecule has 0 bridgehead atoms. The largest absolute Gasteiger partial charge is 0.438 e. The third-order valence-corrected chi connectivity index (χ3v) is 4.16. The van der Waals surface area contributed by atoms with Crippen molar-refractivity contribution in [1.29, 1.82) is 0 Å². The molecule has 0 aliphatic carbocycles. The Morgan fingerprint density at radius 1 is 1.56 bits per heavy atom. The molecule has 2 heterocycles. The highest BCUT2D eigenvalue weighted by molar-refractivity contribution is 7.99. The fourth-order valence-electron chi connectivity index (χ4n) is 2.13. The SMILES string of the molecule is COCc1nc2cc(N[C@H]3CCSC3)ccc2o1. The summed E-state index contributed by atoms with van der Waals surface area (Å²) in [5.74, 6) is 3.06. The van der Waals surface area contributed by atoms with Crippen LogP contribution in [0.3, 0.4) is 0 Å². The summed E-state index contributed by atoms with van der Waals surface area (Å²) in [7, 11) is 1.64. The first-order chi connectivity index (χ1) is 8.85. The lowest BCUT2D eigenvalue weighted by Gasteiger charge is -2.12. The predicted molar refractivity (Wildman–Crippen MR) is 74.1 cm³/mol. The first-order valence-electron chi connectivity index (χ1n) is 6.08. The van der Waals surface area contributed by atoms with Crippen molar-refractivity contribution >= 4 is 28.5 Å². The van der Waals surface area contributed by atoms with Crippen LogP contribution in [0.15, 0.2) is 22.6 Å². The van der Waals surface area contributed by atoms with Gasteiger partial charge in [0.25, 0.3) is 0 Å². The van der Waals surface area contributed by atoms with Crippen LogP contribution < -0.4 is 5.32 Å². The van der Waals surface area contributed by atoms with E-state index in [9.17, 15) is 0 Å². The van der Waals surface area contributed by atoms with E-state index in [4.69, 9.17) is 9.15 Å². The number of oxazole rings is 1. The summed E-state index contributed by atoms with van der Waals surface area (Å²) in [6.07, 6.45) is 1.23. The number of ether oxygens (including phenoxy) is 1. The van der Waals surface area contributed by atoms with E-state index < -0.39 is 0 Å². The van der Waals surface area contributed by atoms with Gasteiger partial charge in [-0.15, -0.1) is 0 Å². The van der Waals surface area contributed by atoms with Gasteiger partial charge >= 0.3 is 0 Å². The first kappa shape index (κ1) is 11.9. The van der Waals surface area contributed by atoms with Gasteiger partial charge in [0.2, 0.25) is 5.89 Å². The molecule has 3 rings (SSSR count). The molecule has 2 aromatic rings. The Morgan fingerprint density at radius 3 is 3.28 bits per heavy atom. The minimum atomic E-state index is 0.413. The topological polar surface area (TPSA) is 47.3 Å². The quantitative estimate of drug-likeness (QED) is 0.920. The van der Waals surface area contributed by atoms with Gasteiger partial charge < -0.3 is 14.5 Å². The number of methoxy groups -OCH3 is 1. The molecule has 1 aromatic carbocycles. The van der Waals surface area contributed by atoms with Crippen molar-refractivity contribution in [2.24, 2.45) is 0 Å². The zero-order chi connectivity index (χ0) is 12.4. The number of anilines is 1. The number of thioether (sulfide) groups is 1. The second-order valence-electron chi connectivity index (χ2n) is 4.43. The third kappa shape index (κ3) is 2.47. The number of benzene rings is 1. The Labute approximate surface area is 110 Å². The van der Waals surface area contributed by atoms with Crippen LogP contribution in [0, 0.1) is 0 Å². The van der Waals surface area contributed by atoms with E-state index in [0.717, 1.165) is 16.8 Å². The van der Waals surface area contributed by atoms with Crippen molar-refractivity contribution in [3.05, 3.63) is 24.1 Å². The fraction of sp³-hybridized carbons (Fsp3) is 0.462. The summed E-state index contributed by atoms with van der Waals surface area (Å²) in [5.41, 5.74) is 2.82.